The second-order valence-electron chi connectivity index (χ2n) is 9.37. The summed E-state index contributed by atoms with van der Waals surface area (Å²) in [6.45, 7) is 8.88. The van der Waals surface area contributed by atoms with Gasteiger partial charge in [0.1, 0.15) is 0 Å². The van der Waals surface area contributed by atoms with Crippen molar-refractivity contribution in [3.8, 4) is 0 Å². The van der Waals surface area contributed by atoms with Gasteiger partial charge < -0.3 is 26.6 Å². The quantitative estimate of drug-likeness (QED) is 0.346. The van der Waals surface area contributed by atoms with Gasteiger partial charge in [-0.15, -0.1) is 0 Å². The van der Waals surface area contributed by atoms with Crippen LogP contribution in [0.1, 0.15) is 48.3 Å². The summed E-state index contributed by atoms with van der Waals surface area (Å²) in [6.07, 6.45) is 0. The van der Waals surface area contributed by atoms with Crippen molar-refractivity contribution in [2.24, 2.45) is 0 Å². The number of anilines is 1. The molecule has 1 fully saturated rings. The second-order valence-corrected chi connectivity index (χ2v) is 9.37. The van der Waals surface area contributed by atoms with Crippen LogP contribution in [0.15, 0.2) is 60.7 Å². The minimum atomic E-state index is -0.297. The van der Waals surface area contributed by atoms with E-state index >= 15 is 0 Å². The summed E-state index contributed by atoms with van der Waals surface area (Å²) >= 11 is 0. The number of hydrogen-bond donors (Lipinski definition) is 5. The molecular formula is C28H35N5O2. The summed E-state index contributed by atoms with van der Waals surface area (Å²) in [5.41, 5.74) is 3.12. The first kappa shape index (κ1) is 24.9. The van der Waals surface area contributed by atoms with E-state index in [2.05, 4.69) is 64.7 Å². The Morgan fingerprint density at radius 1 is 1.00 bits per heavy atom. The van der Waals surface area contributed by atoms with Crippen LogP contribution in [0.2, 0.25) is 0 Å². The maximum atomic E-state index is 13.5. The van der Waals surface area contributed by atoms with Gasteiger partial charge in [-0.3, -0.25) is 9.59 Å². The maximum Gasteiger partial charge on any atom is 0.252 e. The smallest absolute Gasteiger partial charge is 0.252 e. The molecule has 1 saturated heterocycles. The monoisotopic (exact) mass is 473 g/mol. The zero-order chi connectivity index (χ0) is 24.8. The molecule has 1 heterocycles. The van der Waals surface area contributed by atoms with Gasteiger partial charge in [0, 0.05) is 43.5 Å². The number of carbonyl (C=O) groups excluding carboxylic acids is 2. The summed E-state index contributed by atoms with van der Waals surface area (Å²) < 4.78 is 0. The van der Waals surface area contributed by atoms with Crippen LogP contribution in [0.4, 0.5) is 5.69 Å². The highest BCUT2D eigenvalue weighted by atomic mass is 16.2. The third-order valence-corrected chi connectivity index (χ3v) is 6.32. The second kappa shape index (κ2) is 11.4. The Morgan fingerprint density at radius 2 is 1.80 bits per heavy atom. The first-order chi connectivity index (χ1) is 16.9. The predicted molar refractivity (Wildman–Crippen MR) is 142 cm³/mol. The summed E-state index contributed by atoms with van der Waals surface area (Å²) in [5, 5.41) is 18.2. The molecule has 7 heteroatoms. The number of fused-ring (bicyclic) bond motifs is 1. The molecule has 0 saturated carbocycles. The number of piperazine rings is 1. The minimum absolute atomic E-state index is 0.110. The SMILES string of the molecule is CC(C)NCc1ccc(NC(=O)C2CNCCN2)cc1C(=O)N[C@H](C)c1cccc2ccccc12. The van der Waals surface area contributed by atoms with Crippen LogP contribution in [0.3, 0.4) is 0 Å². The lowest BCUT2D eigenvalue weighted by Gasteiger charge is -2.24. The highest BCUT2D eigenvalue weighted by Crippen LogP contribution is 2.25. The molecule has 5 N–H and O–H groups in total. The van der Waals surface area contributed by atoms with Gasteiger partial charge in [-0.25, -0.2) is 0 Å². The zero-order valence-electron chi connectivity index (χ0n) is 20.7. The van der Waals surface area contributed by atoms with Gasteiger partial charge in [-0.1, -0.05) is 62.4 Å². The maximum absolute atomic E-state index is 13.5. The van der Waals surface area contributed by atoms with Crippen LogP contribution in [0.5, 0.6) is 0 Å². The summed E-state index contributed by atoms with van der Waals surface area (Å²) in [6, 6.07) is 19.7. The van der Waals surface area contributed by atoms with E-state index in [1.54, 1.807) is 6.07 Å². The van der Waals surface area contributed by atoms with Crippen molar-refractivity contribution in [2.45, 2.75) is 45.4 Å². The van der Waals surface area contributed by atoms with E-state index in [1.165, 1.54) is 0 Å². The normalized spacial score (nSPS) is 16.7. The van der Waals surface area contributed by atoms with Crippen LogP contribution in [0.25, 0.3) is 10.8 Å². The van der Waals surface area contributed by atoms with Crippen molar-refractivity contribution in [1.82, 2.24) is 21.3 Å². The van der Waals surface area contributed by atoms with Crippen molar-refractivity contribution >= 4 is 28.3 Å². The van der Waals surface area contributed by atoms with Gasteiger partial charge in [0.2, 0.25) is 5.91 Å². The van der Waals surface area contributed by atoms with Crippen molar-refractivity contribution < 1.29 is 9.59 Å². The average Bonchev–Trinajstić information content (AvgIpc) is 2.87. The van der Waals surface area contributed by atoms with E-state index in [4.69, 9.17) is 0 Å². The molecular weight excluding hydrogens is 438 g/mol. The summed E-state index contributed by atoms with van der Waals surface area (Å²) in [5.74, 6) is -0.278. The van der Waals surface area contributed by atoms with Crippen LogP contribution in [-0.4, -0.2) is 43.5 Å². The number of benzene rings is 3. The Hall–Kier alpha value is -3.26. The van der Waals surface area contributed by atoms with Gasteiger partial charge >= 0.3 is 0 Å². The minimum Gasteiger partial charge on any atom is -0.345 e. The third-order valence-electron chi connectivity index (χ3n) is 6.32. The van der Waals surface area contributed by atoms with E-state index in [1.807, 2.05) is 37.3 Å². The number of rotatable bonds is 8. The fourth-order valence-electron chi connectivity index (χ4n) is 4.38. The van der Waals surface area contributed by atoms with E-state index in [0.717, 1.165) is 35.0 Å². The lowest BCUT2D eigenvalue weighted by atomic mass is 9.99. The molecule has 2 amide bonds. The van der Waals surface area contributed by atoms with Crippen molar-refractivity contribution in [3.63, 3.8) is 0 Å². The van der Waals surface area contributed by atoms with Crippen LogP contribution in [0, 0.1) is 0 Å². The van der Waals surface area contributed by atoms with Crippen LogP contribution >= 0.6 is 0 Å². The molecule has 0 aromatic heterocycles. The molecule has 4 rings (SSSR count). The number of amides is 2. The van der Waals surface area contributed by atoms with Gasteiger partial charge in [-0.2, -0.15) is 0 Å². The summed E-state index contributed by atoms with van der Waals surface area (Å²) in [7, 11) is 0. The first-order valence-electron chi connectivity index (χ1n) is 12.3. The number of hydrogen-bond acceptors (Lipinski definition) is 5. The van der Waals surface area contributed by atoms with Crippen molar-refractivity contribution in [2.75, 3.05) is 25.0 Å². The molecule has 0 bridgehead atoms. The Kier molecular flexibility index (Phi) is 8.13. The lowest BCUT2D eigenvalue weighted by molar-refractivity contribution is -0.118. The Morgan fingerprint density at radius 3 is 2.57 bits per heavy atom. The molecule has 2 atom stereocenters. The Bertz CT molecular complexity index is 1180. The molecule has 1 aliphatic rings. The van der Waals surface area contributed by atoms with E-state index in [9.17, 15) is 9.59 Å². The predicted octanol–water partition coefficient (Wildman–Crippen LogP) is 3.33. The highest BCUT2D eigenvalue weighted by Gasteiger charge is 2.22. The van der Waals surface area contributed by atoms with E-state index in [-0.39, 0.29) is 29.9 Å². The number of carbonyl (C=O) groups is 2. The van der Waals surface area contributed by atoms with Gasteiger partial charge in [-0.05, 0) is 41.0 Å². The molecule has 7 nitrogen and oxygen atoms in total. The molecule has 0 spiro atoms. The van der Waals surface area contributed by atoms with Crippen LogP contribution < -0.4 is 26.6 Å². The third kappa shape index (κ3) is 6.25. The average molecular weight is 474 g/mol. The van der Waals surface area contributed by atoms with Gasteiger partial charge in [0.15, 0.2) is 0 Å². The molecule has 0 aliphatic carbocycles. The number of nitrogens with one attached hydrogen (secondary N) is 5. The molecule has 184 valence electrons. The van der Waals surface area contributed by atoms with E-state index in [0.29, 0.717) is 24.3 Å². The first-order valence-corrected chi connectivity index (χ1v) is 12.3. The molecule has 1 unspecified atom stereocenters. The fourth-order valence-corrected chi connectivity index (χ4v) is 4.38. The largest absolute Gasteiger partial charge is 0.345 e. The van der Waals surface area contributed by atoms with Crippen molar-refractivity contribution in [1.29, 1.82) is 0 Å². The fraction of sp³-hybridized carbons (Fsp3) is 0.357. The van der Waals surface area contributed by atoms with Gasteiger partial charge in [0.25, 0.3) is 5.91 Å². The molecule has 0 radical (unpaired) electrons. The topological polar surface area (TPSA) is 94.3 Å². The van der Waals surface area contributed by atoms with E-state index < -0.39 is 0 Å². The summed E-state index contributed by atoms with van der Waals surface area (Å²) in [4.78, 5) is 26.2. The Balaban J connectivity index is 1.56. The zero-order valence-corrected chi connectivity index (χ0v) is 20.7. The highest BCUT2D eigenvalue weighted by molar-refractivity contribution is 6.00. The molecule has 3 aromatic rings. The molecule has 1 aliphatic heterocycles. The lowest BCUT2D eigenvalue weighted by Crippen LogP contribution is -2.54. The Labute approximate surface area is 207 Å². The molecule has 35 heavy (non-hydrogen) atoms. The van der Waals surface area contributed by atoms with Crippen molar-refractivity contribution in [3.05, 3.63) is 77.4 Å². The molecule has 3 aromatic carbocycles. The van der Waals surface area contributed by atoms with Gasteiger partial charge in [0.05, 0.1) is 12.1 Å². The standard InChI is InChI=1S/C28H35N5O2/c1-18(2)31-16-21-11-12-22(33-28(35)26-17-29-13-14-30-26)15-25(21)27(34)32-19(3)23-10-6-8-20-7-4-5-9-24(20)23/h4-12,15,18-19,26,29-31H,13-14,16-17H2,1-3H3,(H,32,34)(H,33,35)/t19-,26?/m1/s1. The van der Waals surface area contributed by atoms with Crippen LogP contribution in [-0.2, 0) is 11.3 Å².